The van der Waals surface area contributed by atoms with Crippen molar-refractivity contribution < 1.29 is 9.59 Å². The first-order valence-electron chi connectivity index (χ1n) is 6.90. The maximum absolute atomic E-state index is 12.4. The number of rotatable bonds is 4. The van der Waals surface area contributed by atoms with Crippen LogP contribution < -0.4 is 10.2 Å². The number of benzene rings is 1. The molecule has 1 saturated heterocycles. The van der Waals surface area contributed by atoms with Crippen molar-refractivity contribution in [2.24, 2.45) is 5.92 Å². The first kappa shape index (κ1) is 14.9. The van der Waals surface area contributed by atoms with E-state index < -0.39 is 5.92 Å². The predicted octanol–water partition coefficient (Wildman–Crippen LogP) is 2.61. The second kappa shape index (κ2) is 6.27. The van der Waals surface area contributed by atoms with Gasteiger partial charge in [0, 0.05) is 23.3 Å². The maximum atomic E-state index is 12.4. The fourth-order valence-electron chi connectivity index (χ4n) is 2.27. The number of anilines is 1. The number of nitrogens with one attached hydrogen (secondary N) is 1. The Hall–Kier alpha value is -1.55. The molecule has 108 valence electrons. The molecule has 4 nitrogen and oxygen atoms in total. The average Bonchev–Trinajstić information content (AvgIpc) is 2.80. The number of hydrogen-bond acceptors (Lipinski definition) is 2. The van der Waals surface area contributed by atoms with Crippen molar-refractivity contribution in [3.05, 3.63) is 29.3 Å². The zero-order chi connectivity index (χ0) is 14.7. The van der Waals surface area contributed by atoms with Crippen molar-refractivity contribution in [2.75, 3.05) is 11.4 Å². The van der Waals surface area contributed by atoms with Gasteiger partial charge < -0.3 is 10.2 Å². The first-order valence-corrected chi connectivity index (χ1v) is 7.28. The van der Waals surface area contributed by atoms with Crippen LogP contribution in [0.25, 0.3) is 0 Å². The van der Waals surface area contributed by atoms with Crippen LogP contribution in [0.3, 0.4) is 0 Å². The highest BCUT2D eigenvalue weighted by molar-refractivity contribution is 6.31. The standard InChI is InChI=1S/C15H19ClN2O2/c1-3-10(2)17-14(19)13-7-8-18(15(13)20)12-6-4-5-11(16)9-12/h4-6,9-10,13H,3,7-8H2,1-2H3,(H,17,19)/t10-,13+/m1/s1. The number of halogens is 1. The first-order chi connectivity index (χ1) is 9.52. The molecule has 0 aliphatic carbocycles. The lowest BCUT2D eigenvalue weighted by Gasteiger charge is -2.18. The molecule has 20 heavy (non-hydrogen) atoms. The molecule has 1 N–H and O–H groups in total. The molecule has 0 spiro atoms. The Morgan fingerprint density at radius 3 is 2.95 bits per heavy atom. The molecule has 5 heteroatoms. The number of hydrogen-bond donors (Lipinski definition) is 1. The SMILES string of the molecule is CC[C@@H](C)NC(=O)[C@@H]1CCN(c2cccc(Cl)c2)C1=O. The van der Waals surface area contributed by atoms with E-state index in [0.29, 0.717) is 18.0 Å². The van der Waals surface area contributed by atoms with E-state index in [1.165, 1.54) is 0 Å². The molecule has 2 amide bonds. The minimum atomic E-state index is -0.581. The number of carbonyl (C=O) groups excluding carboxylic acids is 2. The van der Waals surface area contributed by atoms with E-state index in [1.807, 2.05) is 19.9 Å². The Labute approximate surface area is 124 Å². The summed E-state index contributed by atoms with van der Waals surface area (Å²) >= 11 is 5.94. The number of amides is 2. The van der Waals surface area contributed by atoms with Gasteiger partial charge >= 0.3 is 0 Å². The monoisotopic (exact) mass is 294 g/mol. The second-order valence-corrected chi connectivity index (χ2v) is 5.57. The third kappa shape index (κ3) is 3.12. The van der Waals surface area contributed by atoms with Gasteiger partial charge in [0.15, 0.2) is 0 Å². The van der Waals surface area contributed by atoms with Gasteiger partial charge in [0.05, 0.1) is 0 Å². The van der Waals surface area contributed by atoms with Crippen LogP contribution in [-0.4, -0.2) is 24.4 Å². The van der Waals surface area contributed by atoms with Crippen molar-refractivity contribution in [1.82, 2.24) is 5.32 Å². The van der Waals surface area contributed by atoms with E-state index in [2.05, 4.69) is 5.32 Å². The molecule has 1 aliphatic heterocycles. The molecule has 0 bridgehead atoms. The summed E-state index contributed by atoms with van der Waals surface area (Å²) in [6.45, 7) is 4.49. The van der Waals surface area contributed by atoms with Gasteiger partial charge in [0.2, 0.25) is 11.8 Å². The largest absolute Gasteiger partial charge is 0.353 e. The lowest BCUT2D eigenvalue weighted by Crippen LogP contribution is -2.40. The molecule has 0 unspecified atom stereocenters. The Balaban J connectivity index is 2.08. The minimum absolute atomic E-state index is 0.0931. The van der Waals surface area contributed by atoms with Gasteiger partial charge in [-0.3, -0.25) is 9.59 Å². The maximum Gasteiger partial charge on any atom is 0.239 e. The summed E-state index contributed by atoms with van der Waals surface area (Å²) in [5.41, 5.74) is 0.751. The summed E-state index contributed by atoms with van der Waals surface area (Å²) in [5, 5.41) is 3.46. The molecule has 1 aliphatic rings. The Kier molecular flexibility index (Phi) is 4.65. The van der Waals surface area contributed by atoms with E-state index in [1.54, 1.807) is 23.1 Å². The Morgan fingerprint density at radius 1 is 1.55 bits per heavy atom. The van der Waals surface area contributed by atoms with Crippen LogP contribution in [-0.2, 0) is 9.59 Å². The molecule has 1 fully saturated rings. The van der Waals surface area contributed by atoms with Gasteiger partial charge in [-0.1, -0.05) is 24.6 Å². The molecular weight excluding hydrogens is 276 g/mol. The highest BCUT2D eigenvalue weighted by Gasteiger charge is 2.37. The van der Waals surface area contributed by atoms with Crippen LogP contribution in [0, 0.1) is 5.92 Å². The Bertz CT molecular complexity index is 518. The van der Waals surface area contributed by atoms with E-state index in [0.717, 1.165) is 12.1 Å². The van der Waals surface area contributed by atoms with Crippen LogP contribution in [0.5, 0.6) is 0 Å². The van der Waals surface area contributed by atoms with Crippen LogP contribution >= 0.6 is 11.6 Å². The summed E-state index contributed by atoms with van der Waals surface area (Å²) in [4.78, 5) is 26.1. The van der Waals surface area contributed by atoms with E-state index in [9.17, 15) is 9.59 Å². The molecule has 1 aromatic carbocycles. The summed E-state index contributed by atoms with van der Waals surface area (Å²) in [5.74, 6) is -0.898. The van der Waals surface area contributed by atoms with Crippen molar-refractivity contribution >= 4 is 29.1 Å². The molecule has 0 radical (unpaired) electrons. The van der Waals surface area contributed by atoms with Crippen LogP contribution in [0.1, 0.15) is 26.7 Å². The number of nitrogens with zero attached hydrogens (tertiary/aromatic N) is 1. The van der Waals surface area contributed by atoms with Crippen molar-refractivity contribution in [2.45, 2.75) is 32.7 Å². The van der Waals surface area contributed by atoms with Gasteiger partial charge in [-0.05, 0) is 38.0 Å². The lowest BCUT2D eigenvalue weighted by atomic mass is 10.1. The van der Waals surface area contributed by atoms with Crippen LogP contribution in [0.4, 0.5) is 5.69 Å². The van der Waals surface area contributed by atoms with Crippen LogP contribution in [0.2, 0.25) is 5.02 Å². The van der Waals surface area contributed by atoms with Crippen LogP contribution in [0.15, 0.2) is 24.3 Å². The van der Waals surface area contributed by atoms with Gasteiger partial charge in [0.25, 0.3) is 0 Å². The zero-order valence-corrected chi connectivity index (χ0v) is 12.5. The summed E-state index contributed by atoms with van der Waals surface area (Å²) in [6.07, 6.45) is 1.40. The zero-order valence-electron chi connectivity index (χ0n) is 11.7. The normalized spacial score (nSPS) is 20.1. The summed E-state index contributed by atoms with van der Waals surface area (Å²) < 4.78 is 0. The molecule has 1 aromatic rings. The minimum Gasteiger partial charge on any atom is -0.353 e. The Morgan fingerprint density at radius 2 is 2.30 bits per heavy atom. The van der Waals surface area contributed by atoms with E-state index in [-0.39, 0.29) is 17.9 Å². The quantitative estimate of drug-likeness (QED) is 0.868. The molecule has 2 rings (SSSR count). The second-order valence-electron chi connectivity index (χ2n) is 5.13. The van der Waals surface area contributed by atoms with Gasteiger partial charge in [-0.25, -0.2) is 0 Å². The van der Waals surface area contributed by atoms with E-state index >= 15 is 0 Å². The summed E-state index contributed by atoms with van der Waals surface area (Å²) in [7, 11) is 0. The predicted molar refractivity (Wildman–Crippen MR) is 79.8 cm³/mol. The smallest absolute Gasteiger partial charge is 0.239 e. The van der Waals surface area contributed by atoms with Gasteiger partial charge in [0.1, 0.15) is 5.92 Å². The van der Waals surface area contributed by atoms with Gasteiger partial charge in [-0.2, -0.15) is 0 Å². The van der Waals surface area contributed by atoms with Gasteiger partial charge in [-0.15, -0.1) is 0 Å². The molecule has 2 atom stereocenters. The third-order valence-corrected chi connectivity index (χ3v) is 3.88. The average molecular weight is 295 g/mol. The fourth-order valence-corrected chi connectivity index (χ4v) is 2.45. The number of carbonyl (C=O) groups is 2. The van der Waals surface area contributed by atoms with E-state index in [4.69, 9.17) is 11.6 Å². The third-order valence-electron chi connectivity index (χ3n) is 3.64. The van der Waals surface area contributed by atoms with Crippen molar-refractivity contribution in [3.8, 4) is 0 Å². The topological polar surface area (TPSA) is 49.4 Å². The molecular formula is C15H19ClN2O2. The molecule has 0 aromatic heterocycles. The fraction of sp³-hybridized carbons (Fsp3) is 0.467. The molecule has 0 saturated carbocycles. The molecule has 1 heterocycles. The summed E-state index contributed by atoms with van der Waals surface area (Å²) in [6, 6.07) is 7.24. The highest BCUT2D eigenvalue weighted by Crippen LogP contribution is 2.27. The highest BCUT2D eigenvalue weighted by atomic mass is 35.5. The van der Waals surface area contributed by atoms with Crippen molar-refractivity contribution in [3.63, 3.8) is 0 Å². The van der Waals surface area contributed by atoms with Crippen molar-refractivity contribution in [1.29, 1.82) is 0 Å². The lowest BCUT2D eigenvalue weighted by molar-refractivity contribution is -0.132.